The molecular formula is C11H7F3N2O. The normalized spacial score (nSPS) is 11.5. The summed E-state index contributed by atoms with van der Waals surface area (Å²) in [6.45, 7) is 0. The maximum absolute atomic E-state index is 12.7. The van der Waals surface area contributed by atoms with Gasteiger partial charge in [0.15, 0.2) is 0 Å². The maximum atomic E-state index is 12.7. The summed E-state index contributed by atoms with van der Waals surface area (Å²) in [7, 11) is 0. The molecule has 0 radical (unpaired) electrons. The first-order valence-electron chi connectivity index (χ1n) is 4.70. The number of halogens is 3. The zero-order valence-electron chi connectivity index (χ0n) is 8.45. The number of hydrogen-bond donors (Lipinski definition) is 1. The molecule has 2 aromatic rings. The summed E-state index contributed by atoms with van der Waals surface area (Å²) < 4.78 is 38.2. The lowest BCUT2D eigenvalue weighted by Gasteiger charge is -2.10. The number of pyridine rings is 2. The van der Waals surface area contributed by atoms with Crippen molar-refractivity contribution in [3.63, 3.8) is 0 Å². The van der Waals surface area contributed by atoms with Crippen LogP contribution in [0.3, 0.4) is 0 Å². The van der Waals surface area contributed by atoms with Gasteiger partial charge in [0.25, 0.3) is 5.56 Å². The molecule has 0 saturated carbocycles. The lowest BCUT2D eigenvalue weighted by atomic mass is 10.1. The van der Waals surface area contributed by atoms with Crippen molar-refractivity contribution in [3.8, 4) is 11.3 Å². The largest absolute Gasteiger partial charge is 0.417 e. The Balaban J connectivity index is 2.73. The van der Waals surface area contributed by atoms with Gasteiger partial charge in [0, 0.05) is 12.4 Å². The maximum Gasteiger partial charge on any atom is 0.417 e. The summed E-state index contributed by atoms with van der Waals surface area (Å²) in [5.41, 5.74) is -2.25. The second kappa shape index (κ2) is 4.04. The van der Waals surface area contributed by atoms with Crippen molar-refractivity contribution in [2.75, 3.05) is 0 Å². The third-order valence-electron chi connectivity index (χ3n) is 2.19. The van der Waals surface area contributed by atoms with Gasteiger partial charge in [-0.05, 0) is 18.2 Å². The Morgan fingerprint density at radius 3 is 2.53 bits per heavy atom. The van der Waals surface area contributed by atoms with Crippen molar-refractivity contribution < 1.29 is 13.2 Å². The van der Waals surface area contributed by atoms with Crippen LogP contribution in [0.5, 0.6) is 0 Å². The highest BCUT2D eigenvalue weighted by molar-refractivity contribution is 5.62. The van der Waals surface area contributed by atoms with Gasteiger partial charge in [-0.2, -0.15) is 13.2 Å². The summed E-state index contributed by atoms with van der Waals surface area (Å²) in [4.78, 5) is 17.5. The van der Waals surface area contributed by atoms with Crippen LogP contribution in [0.25, 0.3) is 11.3 Å². The minimum atomic E-state index is -4.58. The molecule has 0 aromatic carbocycles. The minimum Gasteiger partial charge on any atom is -0.329 e. The molecule has 0 atom stereocenters. The number of nitrogens with zero attached hydrogens (tertiary/aromatic N) is 1. The summed E-state index contributed by atoms with van der Waals surface area (Å²) in [6, 6.07) is 5.27. The first kappa shape index (κ1) is 11.4. The molecule has 3 nitrogen and oxygen atoms in total. The summed E-state index contributed by atoms with van der Waals surface area (Å²) >= 11 is 0. The molecule has 0 aliphatic heterocycles. The molecule has 0 amide bonds. The fourth-order valence-corrected chi connectivity index (χ4v) is 1.48. The molecule has 88 valence electrons. The van der Waals surface area contributed by atoms with Crippen LogP contribution in [0, 0.1) is 0 Å². The smallest absolute Gasteiger partial charge is 0.329 e. The van der Waals surface area contributed by atoms with Crippen LogP contribution in [0.4, 0.5) is 13.2 Å². The second-order valence-electron chi connectivity index (χ2n) is 3.31. The number of rotatable bonds is 1. The third-order valence-corrected chi connectivity index (χ3v) is 2.19. The average molecular weight is 240 g/mol. The topological polar surface area (TPSA) is 45.8 Å². The highest BCUT2D eigenvalue weighted by atomic mass is 19.4. The van der Waals surface area contributed by atoms with Crippen molar-refractivity contribution >= 4 is 0 Å². The lowest BCUT2D eigenvalue weighted by Crippen LogP contribution is -2.17. The van der Waals surface area contributed by atoms with Crippen molar-refractivity contribution in [2.45, 2.75) is 6.18 Å². The van der Waals surface area contributed by atoms with Crippen LogP contribution in [0.15, 0.2) is 41.5 Å². The molecule has 17 heavy (non-hydrogen) atoms. The molecular weight excluding hydrogens is 233 g/mol. The molecule has 0 spiro atoms. The zero-order valence-corrected chi connectivity index (χ0v) is 8.45. The van der Waals surface area contributed by atoms with E-state index in [1.54, 1.807) is 6.07 Å². The van der Waals surface area contributed by atoms with Gasteiger partial charge < -0.3 is 4.98 Å². The van der Waals surface area contributed by atoms with E-state index in [2.05, 4.69) is 9.97 Å². The molecule has 0 fully saturated rings. The van der Waals surface area contributed by atoms with Crippen LogP contribution >= 0.6 is 0 Å². The fraction of sp³-hybridized carbons (Fsp3) is 0.0909. The van der Waals surface area contributed by atoms with Crippen LogP contribution in [0.2, 0.25) is 0 Å². The molecule has 2 rings (SSSR count). The Hall–Kier alpha value is -2.11. The molecule has 0 saturated heterocycles. The van der Waals surface area contributed by atoms with Crippen molar-refractivity contribution in [2.24, 2.45) is 0 Å². The van der Waals surface area contributed by atoms with Crippen molar-refractivity contribution in [1.82, 2.24) is 9.97 Å². The monoisotopic (exact) mass is 240 g/mol. The van der Waals surface area contributed by atoms with Crippen LogP contribution in [0.1, 0.15) is 5.56 Å². The molecule has 0 unspecified atom stereocenters. The summed E-state index contributed by atoms with van der Waals surface area (Å²) in [5, 5.41) is 0. The van der Waals surface area contributed by atoms with Crippen molar-refractivity contribution in [3.05, 3.63) is 52.6 Å². The van der Waals surface area contributed by atoms with E-state index in [-0.39, 0.29) is 5.69 Å². The minimum absolute atomic E-state index is 0.00155. The van der Waals surface area contributed by atoms with Gasteiger partial charge >= 0.3 is 6.18 Å². The van der Waals surface area contributed by atoms with E-state index in [1.807, 2.05) is 0 Å². The van der Waals surface area contributed by atoms with E-state index < -0.39 is 22.9 Å². The number of nitrogens with one attached hydrogen (secondary N) is 1. The van der Waals surface area contributed by atoms with Gasteiger partial charge in [-0.15, -0.1) is 0 Å². The zero-order chi connectivity index (χ0) is 12.5. The first-order valence-corrected chi connectivity index (χ1v) is 4.70. The summed E-state index contributed by atoms with van der Waals surface area (Å²) in [5.74, 6) is 0. The van der Waals surface area contributed by atoms with E-state index in [1.165, 1.54) is 18.3 Å². The predicted octanol–water partition coefficient (Wildman–Crippen LogP) is 2.46. The van der Waals surface area contributed by atoms with E-state index in [4.69, 9.17) is 0 Å². The van der Waals surface area contributed by atoms with E-state index >= 15 is 0 Å². The fourth-order valence-electron chi connectivity index (χ4n) is 1.48. The van der Waals surface area contributed by atoms with Crippen molar-refractivity contribution in [1.29, 1.82) is 0 Å². The highest BCUT2D eigenvalue weighted by Gasteiger charge is 2.35. The van der Waals surface area contributed by atoms with Gasteiger partial charge in [-0.3, -0.25) is 9.78 Å². The second-order valence-corrected chi connectivity index (χ2v) is 3.31. The van der Waals surface area contributed by atoms with E-state index in [0.717, 1.165) is 12.3 Å². The molecule has 0 aliphatic carbocycles. The lowest BCUT2D eigenvalue weighted by molar-refractivity contribution is -0.137. The van der Waals surface area contributed by atoms with Crippen LogP contribution in [-0.2, 0) is 6.18 Å². The number of H-pyrrole nitrogens is 1. The first-order chi connectivity index (χ1) is 8.00. The molecule has 2 aromatic heterocycles. The van der Waals surface area contributed by atoms with Gasteiger partial charge in [-0.25, -0.2) is 0 Å². The van der Waals surface area contributed by atoms with Gasteiger partial charge in [-0.1, -0.05) is 6.07 Å². The van der Waals surface area contributed by atoms with Gasteiger partial charge in [0.05, 0.1) is 16.8 Å². The number of hydrogen-bond acceptors (Lipinski definition) is 2. The number of aromatic amines is 1. The molecule has 1 N–H and O–H groups in total. The summed E-state index contributed by atoms with van der Waals surface area (Å²) in [6.07, 6.45) is -2.28. The Kier molecular flexibility index (Phi) is 2.71. The molecule has 0 bridgehead atoms. The Labute approximate surface area is 94.0 Å². The third kappa shape index (κ3) is 2.20. The molecule has 0 aliphatic rings. The number of aromatic nitrogens is 2. The van der Waals surface area contributed by atoms with Gasteiger partial charge in [0.2, 0.25) is 0 Å². The Morgan fingerprint density at radius 2 is 1.94 bits per heavy atom. The average Bonchev–Trinajstić information content (AvgIpc) is 2.28. The molecule has 6 heteroatoms. The van der Waals surface area contributed by atoms with Gasteiger partial charge in [0.1, 0.15) is 0 Å². The Morgan fingerprint density at radius 1 is 1.18 bits per heavy atom. The highest BCUT2D eigenvalue weighted by Crippen LogP contribution is 2.33. The SMILES string of the molecule is O=c1[nH]ccc(C(F)(F)F)c1-c1ccccn1. The molecule has 2 heterocycles. The number of alkyl halides is 3. The van der Waals surface area contributed by atoms with E-state index in [0.29, 0.717) is 0 Å². The Bertz CT molecular complexity index is 575. The predicted molar refractivity (Wildman–Crippen MR) is 55.3 cm³/mol. The van der Waals surface area contributed by atoms with E-state index in [9.17, 15) is 18.0 Å². The van der Waals surface area contributed by atoms with Crippen LogP contribution in [-0.4, -0.2) is 9.97 Å². The quantitative estimate of drug-likeness (QED) is 0.832. The standard InChI is InChI=1S/C11H7F3N2O/c12-11(13,14)7-4-6-16-10(17)9(7)8-3-1-2-5-15-8/h1-6H,(H,16,17). The van der Waals surface area contributed by atoms with Crippen LogP contribution < -0.4 is 5.56 Å².